The second-order valence-electron chi connectivity index (χ2n) is 7.29. The van der Waals surface area contributed by atoms with Gasteiger partial charge in [0.1, 0.15) is 11.4 Å². The fourth-order valence-corrected chi connectivity index (χ4v) is 2.64. The number of nitrogens with zero attached hydrogens (tertiary/aromatic N) is 3. The predicted molar refractivity (Wildman–Crippen MR) is 103 cm³/mol. The highest BCUT2D eigenvalue weighted by Gasteiger charge is 2.26. The molecule has 144 valence electrons. The van der Waals surface area contributed by atoms with Crippen LogP contribution in [0, 0.1) is 0 Å². The second kappa shape index (κ2) is 8.78. The van der Waals surface area contributed by atoms with Crippen molar-refractivity contribution in [1.82, 2.24) is 9.80 Å². The summed E-state index contributed by atoms with van der Waals surface area (Å²) in [4.78, 5) is 20.3. The molecule has 1 aromatic carbocycles. The highest BCUT2D eigenvalue weighted by atomic mass is 16.6. The molecule has 1 fully saturated rings. The number of methoxy groups -OCH3 is 1. The van der Waals surface area contributed by atoms with Crippen molar-refractivity contribution in [1.29, 1.82) is 0 Å². The van der Waals surface area contributed by atoms with Crippen LogP contribution in [0.4, 0.5) is 4.79 Å². The number of rotatable bonds is 4. The van der Waals surface area contributed by atoms with Crippen LogP contribution in [-0.4, -0.2) is 67.3 Å². The van der Waals surface area contributed by atoms with E-state index in [1.807, 2.05) is 49.9 Å². The standard InChI is InChI=1S/C19H30N4O3/c1-19(2,3)26-18(24)23-13-11-22(12-14-23)17(20)21-10-9-15-5-7-16(25-4)8-6-15/h5-8H,9-14H2,1-4H3,(H2,20,21). The normalized spacial score (nSPS) is 15.8. The first-order chi connectivity index (χ1) is 12.3. The van der Waals surface area contributed by atoms with Crippen LogP contribution in [0.25, 0.3) is 0 Å². The summed E-state index contributed by atoms with van der Waals surface area (Å²) >= 11 is 0. The SMILES string of the molecule is COc1ccc(CCN=C(N)N2CCN(C(=O)OC(C)(C)C)CC2)cc1. The Morgan fingerprint density at radius 3 is 2.23 bits per heavy atom. The Bertz CT molecular complexity index is 615. The number of hydrogen-bond acceptors (Lipinski definition) is 4. The van der Waals surface area contributed by atoms with Crippen LogP contribution < -0.4 is 10.5 Å². The van der Waals surface area contributed by atoms with Gasteiger partial charge in [0.15, 0.2) is 5.96 Å². The number of guanidine groups is 1. The van der Waals surface area contributed by atoms with Crippen molar-refractivity contribution in [2.75, 3.05) is 39.8 Å². The quantitative estimate of drug-likeness (QED) is 0.655. The molecule has 2 rings (SSSR count). The molecule has 1 amide bonds. The molecule has 0 atom stereocenters. The first-order valence-corrected chi connectivity index (χ1v) is 8.94. The van der Waals surface area contributed by atoms with Crippen molar-refractivity contribution in [2.24, 2.45) is 10.7 Å². The maximum Gasteiger partial charge on any atom is 0.410 e. The number of hydrogen-bond donors (Lipinski definition) is 1. The van der Waals surface area contributed by atoms with Gasteiger partial charge in [0.05, 0.1) is 7.11 Å². The van der Waals surface area contributed by atoms with Gasteiger partial charge in [-0.1, -0.05) is 12.1 Å². The van der Waals surface area contributed by atoms with E-state index in [0.717, 1.165) is 12.2 Å². The summed E-state index contributed by atoms with van der Waals surface area (Å²) in [7, 11) is 1.66. The fourth-order valence-electron chi connectivity index (χ4n) is 2.64. The van der Waals surface area contributed by atoms with Gasteiger partial charge in [-0.15, -0.1) is 0 Å². The van der Waals surface area contributed by atoms with E-state index in [1.54, 1.807) is 12.0 Å². The van der Waals surface area contributed by atoms with Gasteiger partial charge in [0.25, 0.3) is 0 Å². The summed E-state index contributed by atoms with van der Waals surface area (Å²) in [6.07, 6.45) is 0.551. The summed E-state index contributed by atoms with van der Waals surface area (Å²) in [5.41, 5.74) is 6.82. The Labute approximate surface area is 155 Å². The Hall–Kier alpha value is -2.44. The van der Waals surface area contributed by atoms with Gasteiger partial charge in [0, 0.05) is 32.7 Å². The van der Waals surface area contributed by atoms with Gasteiger partial charge < -0.3 is 25.0 Å². The van der Waals surface area contributed by atoms with Crippen molar-refractivity contribution >= 4 is 12.1 Å². The lowest BCUT2D eigenvalue weighted by molar-refractivity contribution is 0.0186. The molecular formula is C19H30N4O3. The lowest BCUT2D eigenvalue weighted by Gasteiger charge is -2.36. The molecule has 2 N–H and O–H groups in total. The third-order valence-electron chi connectivity index (χ3n) is 4.09. The van der Waals surface area contributed by atoms with Gasteiger partial charge in [-0.3, -0.25) is 4.99 Å². The van der Waals surface area contributed by atoms with Gasteiger partial charge >= 0.3 is 6.09 Å². The first kappa shape index (κ1) is 19.9. The molecule has 0 bridgehead atoms. The molecule has 0 unspecified atom stereocenters. The maximum absolute atomic E-state index is 12.1. The van der Waals surface area contributed by atoms with Crippen molar-refractivity contribution in [2.45, 2.75) is 32.8 Å². The molecular weight excluding hydrogens is 332 g/mol. The molecule has 7 heteroatoms. The van der Waals surface area contributed by atoms with Crippen LogP contribution in [0.1, 0.15) is 26.3 Å². The summed E-state index contributed by atoms with van der Waals surface area (Å²) in [5.74, 6) is 1.38. The number of aliphatic imine (C=N–C) groups is 1. The molecule has 0 aliphatic carbocycles. The van der Waals surface area contributed by atoms with Crippen LogP contribution in [0.15, 0.2) is 29.3 Å². The van der Waals surface area contributed by atoms with E-state index in [1.165, 1.54) is 5.56 Å². The van der Waals surface area contributed by atoms with Crippen molar-refractivity contribution < 1.29 is 14.3 Å². The van der Waals surface area contributed by atoms with Crippen molar-refractivity contribution in [3.8, 4) is 5.75 Å². The smallest absolute Gasteiger partial charge is 0.410 e. The zero-order valence-electron chi connectivity index (χ0n) is 16.2. The van der Waals surface area contributed by atoms with Crippen molar-refractivity contribution in [3.05, 3.63) is 29.8 Å². The molecule has 1 heterocycles. The minimum absolute atomic E-state index is 0.271. The molecule has 0 radical (unpaired) electrons. The predicted octanol–water partition coefficient (Wildman–Crippen LogP) is 2.11. The number of carbonyl (C=O) groups excluding carboxylic acids is 1. The van der Waals surface area contributed by atoms with E-state index < -0.39 is 5.60 Å². The van der Waals surface area contributed by atoms with Crippen LogP contribution in [0.5, 0.6) is 5.75 Å². The first-order valence-electron chi connectivity index (χ1n) is 8.94. The lowest BCUT2D eigenvalue weighted by atomic mass is 10.1. The van der Waals surface area contributed by atoms with E-state index in [4.69, 9.17) is 15.2 Å². The average molecular weight is 362 g/mol. The van der Waals surface area contributed by atoms with Gasteiger partial charge in [-0.25, -0.2) is 4.79 Å². The molecule has 7 nitrogen and oxygen atoms in total. The Morgan fingerprint density at radius 2 is 1.69 bits per heavy atom. The molecule has 1 aliphatic heterocycles. The van der Waals surface area contributed by atoms with Crippen LogP contribution in [0.2, 0.25) is 0 Å². The molecule has 0 saturated carbocycles. The number of benzene rings is 1. The Balaban J connectivity index is 1.77. The number of ether oxygens (including phenoxy) is 2. The number of piperazine rings is 1. The third kappa shape index (κ3) is 6.13. The van der Waals surface area contributed by atoms with E-state index in [2.05, 4.69) is 4.99 Å². The zero-order chi connectivity index (χ0) is 19.2. The van der Waals surface area contributed by atoms with E-state index in [9.17, 15) is 4.79 Å². The van der Waals surface area contributed by atoms with E-state index in [-0.39, 0.29) is 6.09 Å². The maximum atomic E-state index is 12.1. The number of amides is 1. The van der Waals surface area contributed by atoms with Crippen molar-refractivity contribution in [3.63, 3.8) is 0 Å². The number of carbonyl (C=O) groups is 1. The van der Waals surface area contributed by atoms with E-state index in [0.29, 0.717) is 38.7 Å². The fraction of sp³-hybridized carbons (Fsp3) is 0.579. The summed E-state index contributed by atoms with van der Waals surface area (Å²) < 4.78 is 10.6. The summed E-state index contributed by atoms with van der Waals surface area (Å²) in [5, 5.41) is 0. The largest absolute Gasteiger partial charge is 0.497 e. The minimum Gasteiger partial charge on any atom is -0.497 e. The van der Waals surface area contributed by atoms with Gasteiger partial charge in [0.2, 0.25) is 0 Å². The number of nitrogens with two attached hydrogens (primary N) is 1. The van der Waals surface area contributed by atoms with Gasteiger partial charge in [-0.2, -0.15) is 0 Å². The zero-order valence-corrected chi connectivity index (χ0v) is 16.2. The average Bonchev–Trinajstić information content (AvgIpc) is 2.61. The highest BCUT2D eigenvalue weighted by Crippen LogP contribution is 2.13. The second-order valence-corrected chi connectivity index (χ2v) is 7.29. The molecule has 1 aliphatic rings. The molecule has 0 aromatic heterocycles. The minimum atomic E-state index is -0.476. The monoisotopic (exact) mass is 362 g/mol. The molecule has 26 heavy (non-hydrogen) atoms. The van der Waals surface area contributed by atoms with Crippen LogP contribution >= 0.6 is 0 Å². The Kier molecular flexibility index (Phi) is 6.71. The van der Waals surface area contributed by atoms with Crippen LogP contribution in [-0.2, 0) is 11.2 Å². The van der Waals surface area contributed by atoms with Crippen LogP contribution in [0.3, 0.4) is 0 Å². The topological polar surface area (TPSA) is 80.4 Å². The highest BCUT2D eigenvalue weighted by molar-refractivity contribution is 5.78. The molecule has 1 saturated heterocycles. The summed E-state index contributed by atoms with van der Waals surface area (Å²) in [6.45, 7) is 8.74. The summed E-state index contributed by atoms with van der Waals surface area (Å²) in [6, 6.07) is 7.95. The van der Waals surface area contributed by atoms with E-state index >= 15 is 0 Å². The molecule has 0 spiro atoms. The molecule has 1 aromatic rings. The van der Waals surface area contributed by atoms with Gasteiger partial charge in [-0.05, 0) is 44.9 Å². The third-order valence-corrected chi connectivity index (χ3v) is 4.09. The Morgan fingerprint density at radius 1 is 1.12 bits per heavy atom. The lowest BCUT2D eigenvalue weighted by Crippen LogP contribution is -2.53.